The SMILES string of the molecule is CCCCC(OC(=O)C=CC(=O)O)C(O)CC. The first kappa shape index (κ1) is 15.6. The van der Waals surface area contributed by atoms with Crippen LogP contribution in [-0.2, 0) is 14.3 Å². The Morgan fingerprint density at radius 1 is 1.29 bits per heavy atom. The number of carboxylic acid groups (broad SMARTS) is 1. The largest absolute Gasteiger partial charge is 0.478 e. The Balaban J connectivity index is 4.31. The molecule has 0 fully saturated rings. The molecule has 0 spiro atoms. The molecule has 0 saturated carbocycles. The summed E-state index contributed by atoms with van der Waals surface area (Å²) in [5.74, 6) is -1.94. The maximum atomic E-state index is 11.3. The lowest BCUT2D eigenvalue weighted by molar-refractivity contribution is -0.150. The Hall–Kier alpha value is -1.36. The van der Waals surface area contributed by atoms with E-state index in [0.29, 0.717) is 12.8 Å². The van der Waals surface area contributed by atoms with Crippen molar-refractivity contribution < 1.29 is 24.5 Å². The molecule has 0 aromatic carbocycles. The molecule has 0 aromatic heterocycles. The summed E-state index contributed by atoms with van der Waals surface area (Å²) in [4.78, 5) is 21.5. The Labute approximate surface area is 101 Å². The van der Waals surface area contributed by atoms with Crippen LogP contribution in [0.5, 0.6) is 0 Å². The van der Waals surface area contributed by atoms with Gasteiger partial charge in [-0.2, -0.15) is 0 Å². The number of esters is 1. The lowest BCUT2D eigenvalue weighted by Gasteiger charge is -2.21. The van der Waals surface area contributed by atoms with Crippen molar-refractivity contribution in [1.82, 2.24) is 0 Å². The summed E-state index contributed by atoms with van der Waals surface area (Å²) in [5, 5.41) is 18.0. The molecule has 0 saturated heterocycles. The second kappa shape index (κ2) is 8.75. The van der Waals surface area contributed by atoms with Gasteiger partial charge in [-0.15, -0.1) is 0 Å². The van der Waals surface area contributed by atoms with Crippen LogP contribution in [0.2, 0.25) is 0 Å². The lowest BCUT2D eigenvalue weighted by Crippen LogP contribution is -2.30. The molecular weight excluding hydrogens is 224 g/mol. The topological polar surface area (TPSA) is 83.8 Å². The van der Waals surface area contributed by atoms with Crippen LogP contribution < -0.4 is 0 Å². The smallest absolute Gasteiger partial charge is 0.331 e. The molecule has 0 amide bonds. The fourth-order valence-electron chi connectivity index (χ4n) is 1.33. The highest BCUT2D eigenvalue weighted by Crippen LogP contribution is 2.12. The first-order valence-corrected chi connectivity index (χ1v) is 5.80. The third-order valence-electron chi connectivity index (χ3n) is 2.32. The Kier molecular flexibility index (Phi) is 8.05. The van der Waals surface area contributed by atoms with Crippen molar-refractivity contribution in [3.8, 4) is 0 Å². The van der Waals surface area contributed by atoms with Crippen molar-refractivity contribution in [2.45, 2.75) is 51.7 Å². The van der Waals surface area contributed by atoms with E-state index in [-0.39, 0.29) is 0 Å². The molecule has 0 rings (SSSR count). The molecule has 5 nitrogen and oxygen atoms in total. The Bertz CT molecular complexity index is 272. The van der Waals surface area contributed by atoms with E-state index in [4.69, 9.17) is 9.84 Å². The van der Waals surface area contributed by atoms with Crippen molar-refractivity contribution in [2.24, 2.45) is 0 Å². The molecule has 0 bridgehead atoms. The number of unbranched alkanes of at least 4 members (excludes halogenated alkanes) is 1. The summed E-state index contributed by atoms with van der Waals surface area (Å²) in [6.07, 6.45) is 3.16. The number of aliphatic hydroxyl groups is 1. The van der Waals surface area contributed by atoms with Gasteiger partial charge in [-0.3, -0.25) is 0 Å². The fraction of sp³-hybridized carbons (Fsp3) is 0.667. The van der Waals surface area contributed by atoms with Crippen LogP contribution in [0.25, 0.3) is 0 Å². The molecule has 2 N–H and O–H groups in total. The van der Waals surface area contributed by atoms with E-state index in [0.717, 1.165) is 25.0 Å². The fourth-order valence-corrected chi connectivity index (χ4v) is 1.33. The van der Waals surface area contributed by atoms with Gasteiger partial charge in [-0.1, -0.05) is 20.3 Å². The van der Waals surface area contributed by atoms with Gasteiger partial charge in [-0.25, -0.2) is 9.59 Å². The van der Waals surface area contributed by atoms with Crippen molar-refractivity contribution in [3.05, 3.63) is 12.2 Å². The third-order valence-corrected chi connectivity index (χ3v) is 2.32. The van der Waals surface area contributed by atoms with Crippen molar-refractivity contribution >= 4 is 11.9 Å². The summed E-state index contributed by atoms with van der Waals surface area (Å²) in [6.45, 7) is 3.80. The van der Waals surface area contributed by atoms with E-state index in [2.05, 4.69) is 0 Å². The number of carbonyl (C=O) groups excluding carboxylic acids is 1. The Morgan fingerprint density at radius 2 is 1.94 bits per heavy atom. The van der Waals surface area contributed by atoms with Gasteiger partial charge in [0.15, 0.2) is 0 Å². The highest BCUT2D eigenvalue weighted by Gasteiger charge is 2.20. The number of aliphatic carboxylic acids is 1. The normalized spacial score (nSPS) is 14.5. The molecule has 0 heterocycles. The van der Waals surface area contributed by atoms with Crippen LogP contribution in [0, 0.1) is 0 Å². The maximum Gasteiger partial charge on any atom is 0.331 e. The van der Waals surface area contributed by atoms with Crippen molar-refractivity contribution in [3.63, 3.8) is 0 Å². The van der Waals surface area contributed by atoms with Crippen LogP contribution in [0.3, 0.4) is 0 Å². The summed E-state index contributed by atoms with van der Waals surface area (Å²) >= 11 is 0. The number of carbonyl (C=O) groups is 2. The lowest BCUT2D eigenvalue weighted by atomic mass is 10.1. The van der Waals surface area contributed by atoms with E-state index in [1.165, 1.54) is 0 Å². The van der Waals surface area contributed by atoms with Gasteiger partial charge >= 0.3 is 11.9 Å². The summed E-state index contributed by atoms with van der Waals surface area (Å²) in [6, 6.07) is 0. The van der Waals surface area contributed by atoms with Gasteiger partial charge in [0.25, 0.3) is 0 Å². The number of ether oxygens (including phenoxy) is 1. The van der Waals surface area contributed by atoms with Crippen LogP contribution >= 0.6 is 0 Å². The van der Waals surface area contributed by atoms with Gasteiger partial charge in [-0.05, 0) is 19.3 Å². The first-order valence-electron chi connectivity index (χ1n) is 5.80. The van der Waals surface area contributed by atoms with Crippen molar-refractivity contribution in [2.75, 3.05) is 0 Å². The van der Waals surface area contributed by atoms with Crippen LogP contribution in [0.1, 0.15) is 39.5 Å². The van der Waals surface area contributed by atoms with Gasteiger partial charge in [0.05, 0.1) is 6.10 Å². The summed E-state index contributed by atoms with van der Waals surface area (Å²) in [7, 11) is 0. The zero-order valence-electron chi connectivity index (χ0n) is 10.3. The number of rotatable bonds is 8. The predicted octanol–water partition coefficient (Wildman–Crippen LogP) is 1.50. The minimum Gasteiger partial charge on any atom is -0.478 e. The Morgan fingerprint density at radius 3 is 2.41 bits per heavy atom. The number of carboxylic acids is 1. The van der Waals surface area contributed by atoms with Gasteiger partial charge in [0.2, 0.25) is 0 Å². The van der Waals surface area contributed by atoms with Crippen LogP contribution in [-0.4, -0.2) is 34.4 Å². The molecule has 5 heteroatoms. The average Bonchev–Trinajstić information content (AvgIpc) is 2.30. The average molecular weight is 244 g/mol. The monoisotopic (exact) mass is 244 g/mol. The standard InChI is InChI=1S/C12H20O5/c1-3-5-6-10(9(13)4-2)17-12(16)8-7-11(14)15/h7-10,13H,3-6H2,1-2H3,(H,14,15). The summed E-state index contributed by atoms with van der Waals surface area (Å²) < 4.78 is 5.02. The van der Waals surface area contributed by atoms with E-state index in [1.54, 1.807) is 6.92 Å². The second-order valence-electron chi connectivity index (χ2n) is 3.76. The zero-order valence-corrected chi connectivity index (χ0v) is 10.3. The molecule has 0 aliphatic carbocycles. The van der Waals surface area contributed by atoms with Gasteiger partial charge in [0, 0.05) is 12.2 Å². The first-order chi connectivity index (χ1) is 8.01. The minimum absolute atomic E-state index is 0.490. The van der Waals surface area contributed by atoms with Crippen LogP contribution in [0.4, 0.5) is 0 Å². The predicted molar refractivity (Wildman–Crippen MR) is 62.5 cm³/mol. The molecule has 2 atom stereocenters. The quantitative estimate of drug-likeness (QED) is 0.499. The van der Waals surface area contributed by atoms with E-state index in [9.17, 15) is 14.7 Å². The maximum absolute atomic E-state index is 11.3. The number of hydrogen-bond donors (Lipinski definition) is 2. The third kappa shape index (κ3) is 7.52. The molecule has 0 aliphatic heterocycles. The molecule has 98 valence electrons. The highest BCUT2D eigenvalue weighted by molar-refractivity contribution is 5.90. The molecule has 17 heavy (non-hydrogen) atoms. The van der Waals surface area contributed by atoms with E-state index >= 15 is 0 Å². The summed E-state index contributed by atoms with van der Waals surface area (Å²) in [5.41, 5.74) is 0. The number of hydrogen-bond acceptors (Lipinski definition) is 4. The van der Waals surface area contributed by atoms with E-state index < -0.39 is 24.1 Å². The highest BCUT2D eigenvalue weighted by atomic mass is 16.6. The molecule has 0 radical (unpaired) electrons. The zero-order chi connectivity index (χ0) is 13.3. The second-order valence-corrected chi connectivity index (χ2v) is 3.76. The van der Waals surface area contributed by atoms with Crippen LogP contribution in [0.15, 0.2) is 12.2 Å². The molecular formula is C12H20O5. The minimum atomic E-state index is -1.21. The molecule has 0 aromatic rings. The number of aliphatic hydroxyl groups excluding tert-OH is 1. The molecule has 2 unspecified atom stereocenters. The van der Waals surface area contributed by atoms with Gasteiger partial charge in [0.1, 0.15) is 6.10 Å². The van der Waals surface area contributed by atoms with Gasteiger partial charge < -0.3 is 14.9 Å². The van der Waals surface area contributed by atoms with Crippen molar-refractivity contribution in [1.29, 1.82) is 0 Å². The molecule has 0 aliphatic rings. The van der Waals surface area contributed by atoms with E-state index in [1.807, 2.05) is 6.92 Å².